The highest BCUT2D eigenvalue weighted by Gasteiger charge is 2.53. The number of benzene rings is 1. The number of anilines is 1. The second-order valence-corrected chi connectivity index (χ2v) is 9.64. The fourth-order valence-corrected chi connectivity index (χ4v) is 5.58. The van der Waals surface area contributed by atoms with E-state index in [1.165, 1.54) is 16.7 Å². The highest BCUT2D eigenvalue weighted by atomic mass is 32.2. The Kier molecular flexibility index (Phi) is 6.11. The van der Waals surface area contributed by atoms with Crippen molar-refractivity contribution in [3.8, 4) is 6.07 Å². The Balaban J connectivity index is 1.40. The third-order valence-corrected chi connectivity index (χ3v) is 7.47. The average Bonchev–Trinajstić information content (AvgIpc) is 3.36. The first-order valence-electron chi connectivity index (χ1n) is 10.7. The third-order valence-electron chi connectivity index (χ3n) is 6.45. The molecule has 4 rings (SSSR count). The van der Waals surface area contributed by atoms with Crippen LogP contribution >= 0.6 is 11.8 Å². The van der Waals surface area contributed by atoms with Gasteiger partial charge in [0.25, 0.3) is 5.91 Å². The molecule has 32 heavy (non-hydrogen) atoms. The molecule has 1 aromatic carbocycles. The van der Waals surface area contributed by atoms with Crippen molar-refractivity contribution in [2.75, 3.05) is 23.5 Å². The predicted molar refractivity (Wildman–Crippen MR) is 118 cm³/mol. The zero-order valence-electron chi connectivity index (χ0n) is 17.8. The van der Waals surface area contributed by atoms with Crippen LogP contribution in [0.5, 0.6) is 0 Å². The average molecular weight is 456 g/mol. The standard InChI is InChI=1S/C22H25N5O4S/c1-14-6-8-22(9-7-14)20(30)26(21(31)25-22)11-18(28)27-13-32-12-17(27)19(29)24-16-4-2-15(10-23)3-5-16/h2-5,14,17H,6-9,11-13H2,1H3,(H,24,29)(H,25,31). The summed E-state index contributed by atoms with van der Waals surface area (Å²) in [6, 6.07) is 7.23. The third kappa shape index (κ3) is 4.17. The Morgan fingerprint density at radius 1 is 1.25 bits per heavy atom. The smallest absolute Gasteiger partial charge is 0.324 e. The SMILES string of the molecule is CC1CCC2(CC1)NC(=O)N(CC(=O)N1CSCC1C(=O)Nc1ccc(C#N)cc1)C2=O. The number of carbonyl (C=O) groups is 4. The first-order chi connectivity index (χ1) is 15.3. The molecule has 1 aromatic rings. The molecule has 1 aliphatic carbocycles. The van der Waals surface area contributed by atoms with Crippen LogP contribution in [0.3, 0.4) is 0 Å². The van der Waals surface area contributed by atoms with Gasteiger partial charge in [-0.1, -0.05) is 6.92 Å². The first kappa shape index (κ1) is 22.1. The minimum absolute atomic E-state index is 0.316. The molecule has 1 unspecified atom stereocenters. The lowest BCUT2D eigenvalue weighted by Crippen LogP contribution is -2.51. The van der Waals surface area contributed by atoms with Crippen molar-refractivity contribution in [2.24, 2.45) is 5.92 Å². The van der Waals surface area contributed by atoms with E-state index >= 15 is 0 Å². The maximum absolute atomic E-state index is 13.0. The Hall–Kier alpha value is -3.06. The Morgan fingerprint density at radius 3 is 2.59 bits per heavy atom. The summed E-state index contributed by atoms with van der Waals surface area (Å²) in [6.45, 7) is 1.76. The molecule has 168 valence electrons. The molecule has 1 saturated carbocycles. The highest BCUT2D eigenvalue weighted by Crippen LogP contribution is 2.36. The van der Waals surface area contributed by atoms with Crippen LogP contribution in [-0.2, 0) is 14.4 Å². The molecule has 0 radical (unpaired) electrons. The molecular weight excluding hydrogens is 430 g/mol. The molecule has 3 fully saturated rings. The number of thioether (sulfide) groups is 1. The van der Waals surface area contributed by atoms with Crippen molar-refractivity contribution in [3.63, 3.8) is 0 Å². The van der Waals surface area contributed by atoms with E-state index in [-0.39, 0.29) is 18.4 Å². The number of carbonyl (C=O) groups excluding carboxylic acids is 4. The number of nitrogens with one attached hydrogen (secondary N) is 2. The van der Waals surface area contributed by atoms with Gasteiger partial charge in [0.2, 0.25) is 11.8 Å². The Labute approximate surface area is 190 Å². The number of rotatable bonds is 4. The fourth-order valence-electron chi connectivity index (χ4n) is 4.40. The van der Waals surface area contributed by atoms with Gasteiger partial charge in [-0.15, -0.1) is 11.8 Å². The van der Waals surface area contributed by atoms with Gasteiger partial charge in [-0.2, -0.15) is 5.26 Å². The molecular formula is C22H25N5O4S. The highest BCUT2D eigenvalue weighted by molar-refractivity contribution is 7.99. The molecule has 2 heterocycles. The fraction of sp³-hybridized carbons (Fsp3) is 0.500. The van der Waals surface area contributed by atoms with Crippen LogP contribution in [0.4, 0.5) is 10.5 Å². The summed E-state index contributed by atoms with van der Waals surface area (Å²) >= 11 is 1.44. The van der Waals surface area contributed by atoms with Gasteiger partial charge in [-0.05, 0) is 55.9 Å². The van der Waals surface area contributed by atoms with E-state index < -0.39 is 23.5 Å². The van der Waals surface area contributed by atoms with Crippen LogP contribution in [0.2, 0.25) is 0 Å². The van der Waals surface area contributed by atoms with E-state index in [9.17, 15) is 19.2 Å². The maximum Gasteiger partial charge on any atom is 0.325 e. The molecule has 2 N–H and O–H groups in total. The summed E-state index contributed by atoms with van der Waals surface area (Å²) in [6.07, 6.45) is 2.87. The van der Waals surface area contributed by atoms with Gasteiger partial charge in [-0.25, -0.2) is 4.79 Å². The summed E-state index contributed by atoms with van der Waals surface area (Å²) in [4.78, 5) is 53.7. The maximum atomic E-state index is 13.0. The van der Waals surface area contributed by atoms with E-state index in [4.69, 9.17) is 5.26 Å². The first-order valence-corrected chi connectivity index (χ1v) is 11.8. The summed E-state index contributed by atoms with van der Waals surface area (Å²) in [7, 11) is 0. The van der Waals surface area contributed by atoms with Crippen molar-refractivity contribution in [3.05, 3.63) is 29.8 Å². The number of hydrogen-bond acceptors (Lipinski definition) is 6. The molecule has 0 aromatic heterocycles. The summed E-state index contributed by atoms with van der Waals surface area (Å²) in [5.74, 6) is 0.140. The van der Waals surface area contributed by atoms with Crippen LogP contribution < -0.4 is 10.6 Å². The van der Waals surface area contributed by atoms with Gasteiger partial charge in [0.15, 0.2) is 0 Å². The van der Waals surface area contributed by atoms with Crippen molar-refractivity contribution in [2.45, 2.75) is 44.2 Å². The lowest BCUT2D eigenvalue weighted by molar-refractivity contribution is -0.141. The molecule has 9 nitrogen and oxygen atoms in total. The largest absolute Gasteiger partial charge is 0.325 e. The molecule has 1 spiro atoms. The molecule has 3 aliphatic rings. The summed E-state index contributed by atoms with van der Waals surface area (Å²) in [5.41, 5.74) is 0.117. The van der Waals surface area contributed by atoms with Gasteiger partial charge >= 0.3 is 6.03 Å². The van der Waals surface area contributed by atoms with Gasteiger partial charge in [0, 0.05) is 11.4 Å². The van der Waals surface area contributed by atoms with Crippen LogP contribution in [-0.4, -0.2) is 63.3 Å². The van der Waals surface area contributed by atoms with E-state index in [1.54, 1.807) is 24.3 Å². The van der Waals surface area contributed by atoms with Crippen LogP contribution in [0.1, 0.15) is 38.2 Å². The van der Waals surface area contributed by atoms with E-state index in [0.29, 0.717) is 41.6 Å². The van der Waals surface area contributed by atoms with Crippen molar-refractivity contribution in [1.82, 2.24) is 15.1 Å². The number of hydrogen-bond donors (Lipinski definition) is 2. The zero-order valence-corrected chi connectivity index (χ0v) is 18.6. The van der Waals surface area contributed by atoms with Gasteiger partial charge in [-0.3, -0.25) is 19.3 Å². The van der Waals surface area contributed by atoms with E-state index in [2.05, 4.69) is 17.6 Å². The second-order valence-electron chi connectivity index (χ2n) is 8.64. The Bertz CT molecular complexity index is 981. The minimum atomic E-state index is -0.893. The van der Waals surface area contributed by atoms with Crippen molar-refractivity contribution in [1.29, 1.82) is 5.26 Å². The number of urea groups is 1. The predicted octanol–water partition coefficient (Wildman–Crippen LogP) is 1.90. The molecule has 10 heteroatoms. The van der Waals surface area contributed by atoms with Crippen LogP contribution in [0, 0.1) is 17.2 Å². The summed E-state index contributed by atoms with van der Waals surface area (Å²) < 4.78 is 0. The molecule has 5 amide bonds. The monoisotopic (exact) mass is 455 g/mol. The van der Waals surface area contributed by atoms with Crippen LogP contribution in [0.15, 0.2) is 24.3 Å². The molecule has 0 bridgehead atoms. The normalized spacial score (nSPS) is 27.4. The topological polar surface area (TPSA) is 123 Å². The van der Waals surface area contributed by atoms with Crippen molar-refractivity contribution < 1.29 is 19.2 Å². The second kappa shape index (κ2) is 8.82. The van der Waals surface area contributed by atoms with E-state index in [0.717, 1.165) is 17.7 Å². The molecule has 1 atom stereocenters. The zero-order chi connectivity index (χ0) is 22.9. The minimum Gasteiger partial charge on any atom is -0.324 e. The van der Waals surface area contributed by atoms with Gasteiger partial charge in [0.1, 0.15) is 18.1 Å². The van der Waals surface area contributed by atoms with E-state index in [1.807, 2.05) is 6.07 Å². The quantitative estimate of drug-likeness (QED) is 0.669. The molecule has 2 aliphatic heterocycles. The number of imide groups is 1. The van der Waals surface area contributed by atoms with Crippen molar-refractivity contribution >= 4 is 41.2 Å². The number of nitriles is 1. The number of amides is 5. The number of nitrogens with zero attached hydrogens (tertiary/aromatic N) is 3. The van der Waals surface area contributed by atoms with Gasteiger partial charge in [0.05, 0.1) is 17.5 Å². The van der Waals surface area contributed by atoms with Crippen LogP contribution in [0.25, 0.3) is 0 Å². The lowest BCUT2D eigenvalue weighted by Gasteiger charge is -2.33. The Morgan fingerprint density at radius 2 is 1.94 bits per heavy atom. The molecule has 2 saturated heterocycles. The van der Waals surface area contributed by atoms with Gasteiger partial charge < -0.3 is 15.5 Å². The lowest BCUT2D eigenvalue weighted by atomic mass is 9.77. The summed E-state index contributed by atoms with van der Waals surface area (Å²) in [5, 5.41) is 14.5.